The van der Waals surface area contributed by atoms with Gasteiger partial charge in [-0.15, -0.1) is 24.0 Å². The first-order valence-corrected chi connectivity index (χ1v) is 11.1. The summed E-state index contributed by atoms with van der Waals surface area (Å²) in [5.41, 5.74) is 0. The van der Waals surface area contributed by atoms with Crippen LogP contribution in [0.3, 0.4) is 0 Å². The maximum Gasteiger partial charge on any atom is 0.191 e. The van der Waals surface area contributed by atoms with Crippen molar-refractivity contribution in [1.29, 1.82) is 0 Å². The molecule has 0 saturated heterocycles. The van der Waals surface area contributed by atoms with E-state index < -0.39 is 10.8 Å². The van der Waals surface area contributed by atoms with Gasteiger partial charge in [-0.1, -0.05) is 27.2 Å². The third-order valence-electron chi connectivity index (χ3n) is 4.92. The Morgan fingerprint density at radius 3 is 2.48 bits per heavy atom. The van der Waals surface area contributed by atoms with Gasteiger partial charge >= 0.3 is 0 Å². The summed E-state index contributed by atoms with van der Waals surface area (Å²) in [7, 11) is -0.679. The molecule has 0 bridgehead atoms. The Labute approximate surface area is 174 Å². The van der Waals surface area contributed by atoms with Crippen molar-refractivity contribution in [2.24, 2.45) is 4.99 Å². The zero-order valence-electron chi connectivity index (χ0n) is 16.7. The minimum absolute atomic E-state index is 0. The molecule has 0 radical (unpaired) electrons. The molecule has 1 aliphatic rings. The van der Waals surface area contributed by atoms with Gasteiger partial charge in [0.05, 0.1) is 6.54 Å². The van der Waals surface area contributed by atoms with Crippen molar-refractivity contribution in [1.82, 2.24) is 15.5 Å². The van der Waals surface area contributed by atoms with E-state index in [1.54, 1.807) is 0 Å². The number of aliphatic imine (C=N–C) groups is 1. The van der Waals surface area contributed by atoms with Gasteiger partial charge in [0.25, 0.3) is 0 Å². The van der Waals surface area contributed by atoms with Crippen molar-refractivity contribution in [2.45, 2.75) is 77.6 Å². The standard InChI is InChI=1S/C18H38N4OS.HI/c1-6-19-18(20-14-15(5)22(7-2)8-3)21-16-11-10-12-17(13-16)24(23)9-4;/h15-17H,6-14H2,1-5H3,(H2,19,20,21);1H. The average molecular weight is 487 g/mol. The minimum atomic E-state index is -0.679. The lowest BCUT2D eigenvalue weighted by Crippen LogP contribution is -2.47. The van der Waals surface area contributed by atoms with Crippen LogP contribution in [0.25, 0.3) is 0 Å². The van der Waals surface area contributed by atoms with Gasteiger partial charge in [0.15, 0.2) is 5.96 Å². The van der Waals surface area contributed by atoms with Gasteiger partial charge in [0.2, 0.25) is 0 Å². The second kappa shape index (κ2) is 14.2. The maximum absolute atomic E-state index is 12.1. The maximum atomic E-state index is 12.1. The van der Waals surface area contributed by atoms with E-state index >= 15 is 0 Å². The molecular formula is C18H39IN4OS. The van der Waals surface area contributed by atoms with E-state index in [9.17, 15) is 4.21 Å². The van der Waals surface area contributed by atoms with Crippen molar-refractivity contribution < 1.29 is 4.21 Å². The Morgan fingerprint density at radius 2 is 1.92 bits per heavy atom. The van der Waals surface area contributed by atoms with Gasteiger partial charge < -0.3 is 10.6 Å². The highest BCUT2D eigenvalue weighted by Crippen LogP contribution is 2.22. The molecule has 1 aliphatic carbocycles. The lowest BCUT2D eigenvalue weighted by Gasteiger charge is -2.30. The molecule has 1 fully saturated rings. The summed E-state index contributed by atoms with van der Waals surface area (Å²) < 4.78 is 12.1. The molecule has 0 heterocycles. The number of hydrogen-bond donors (Lipinski definition) is 2. The molecule has 1 rings (SSSR count). The quantitative estimate of drug-likeness (QED) is 0.299. The molecule has 0 aliphatic heterocycles. The van der Waals surface area contributed by atoms with Crippen molar-refractivity contribution in [2.75, 3.05) is 31.9 Å². The summed E-state index contributed by atoms with van der Waals surface area (Å²) in [6.45, 7) is 14.5. The topological polar surface area (TPSA) is 56.7 Å². The number of nitrogens with one attached hydrogen (secondary N) is 2. The highest BCUT2D eigenvalue weighted by atomic mass is 127. The third-order valence-corrected chi connectivity index (χ3v) is 6.66. The number of rotatable bonds is 9. The van der Waals surface area contributed by atoms with Gasteiger partial charge in [-0.25, -0.2) is 0 Å². The van der Waals surface area contributed by atoms with Gasteiger partial charge in [-0.3, -0.25) is 14.1 Å². The second-order valence-corrected chi connectivity index (χ2v) is 8.59. The Kier molecular flexibility index (Phi) is 14.3. The predicted molar refractivity (Wildman–Crippen MR) is 122 cm³/mol. The van der Waals surface area contributed by atoms with Crippen LogP contribution >= 0.6 is 24.0 Å². The Morgan fingerprint density at radius 1 is 1.24 bits per heavy atom. The van der Waals surface area contributed by atoms with E-state index in [1.807, 2.05) is 6.92 Å². The molecular weight excluding hydrogens is 447 g/mol. The number of likely N-dealkylation sites (N-methyl/N-ethyl adjacent to an activating group) is 1. The van der Waals surface area contributed by atoms with Crippen LogP contribution < -0.4 is 10.6 Å². The van der Waals surface area contributed by atoms with Crippen LogP contribution in [0.5, 0.6) is 0 Å². The van der Waals surface area contributed by atoms with E-state index in [0.717, 1.165) is 63.6 Å². The monoisotopic (exact) mass is 486 g/mol. The molecule has 1 saturated carbocycles. The van der Waals surface area contributed by atoms with Crippen LogP contribution in [-0.2, 0) is 10.8 Å². The van der Waals surface area contributed by atoms with Gasteiger partial charge in [0, 0.05) is 40.4 Å². The van der Waals surface area contributed by atoms with Gasteiger partial charge in [-0.2, -0.15) is 0 Å². The summed E-state index contributed by atoms with van der Waals surface area (Å²) in [5, 5.41) is 7.29. The van der Waals surface area contributed by atoms with Crippen molar-refractivity contribution in [3.05, 3.63) is 0 Å². The average Bonchev–Trinajstić information content (AvgIpc) is 2.60. The van der Waals surface area contributed by atoms with E-state index in [-0.39, 0.29) is 24.0 Å². The first-order chi connectivity index (χ1) is 11.5. The molecule has 0 aromatic rings. The van der Waals surface area contributed by atoms with E-state index in [4.69, 9.17) is 4.99 Å². The summed E-state index contributed by atoms with van der Waals surface area (Å²) in [6, 6.07) is 0.836. The molecule has 2 N–H and O–H groups in total. The third kappa shape index (κ3) is 9.04. The summed E-state index contributed by atoms with van der Waals surface area (Å²) in [6.07, 6.45) is 4.40. The van der Waals surface area contributed by atoms with Crippen LogP contribution in [0.2, 0.25) is 0 Å². The van der Waals surface area contributed by atoms with Crippen LogP contribution in [0.1, 0.15) is 60.3 Å². The minimum Gasteiger partial charge on any atom is -0.357 e. The summed E-state index contributed by atoms with van der Waals surface area (Å²) in [4.78, 5) is 7.22. The number of nitrogens with zero attached hydrogens (tertiary/aromatic N) is 2. The Bertz CT molecular complexity index is 405. The Hall–Kier alpha value is 0.110. The molecule has 5 nitrogen and oxygen atoms in total. The van der Waals surface area contributed by atoms with Crippen LogP contribution in [-0.4, -0.2) is 64.3 Å². The lowest BCUT2D eigenvalue weighted by molar-refractivity contribution is 0.236. The molecule has 7 heteroatoms. The Balaban J connectivity index is 0.00000576. The summed E-state index contributed by atoms with van der Waals surface area (Å²) >= 11 is 0. The van der Waals surface area contributed by atoms with E-state index in [0.29, 0.717) is 17.3 Å². The molecule has 0 spiro atoms. The zero-order chi connectivity index (χ0) is 17.9. The number of halogens is 1. The van der Waals surface area contributed by atoms with Crippen LogP contribution in [0.4, 0.5) is 0 Å². The predicted octanol–water partition coefficient (Wildman–Crippen LogP) is 2.97. The summed E-state index contributed by atoms with van der Waals surface area (Å²) in [5.74, 6) is 1.68. The molecule has 25 heavy (non-hydrogen) atoms. The molecule has 4 unspecified atom stereocenters. The lowest BCUT2D eigenvalue weighted by atomic mass is 9.95. The highest BCUT2D eigenvalue weighted by molar-refractivity contribution is 14.0. The van der Waals surface area contributed by atoms with Crippen molar-refractivity contribution >= 4 is 40.7 Å². The second-order valence-electron chi connectivity index (χ2n) is 6.59. The van der Waals surface area contributed by atoms with E-state index in [2.05, 4.69) is 43.2 Å². The van der Waals surface area contributed by atoms with Gasteiger partial charge in [0.1, 0.15) is 0 Å². The number of guanidine groups is 1. The fraction of sp³-hybridized carbons (Fsp3) is 0.944. The smallest absolute Gasteiger partial charge is 0.191 e. The normalized spacial score (nSPS) is 23.7. The fourth-order valence-electron chi connectivity index (χ4n) is 3.45. The largest absolute Gasteiger partial charge is 0.357 e. The van der Waals surface area contributed by atoms with Crippen molar-refractivity contribution in [3.63, 3.8) is 0 Å². The molecule has 0 aromatic heterocycles. The SMILES string of the molecule is CCNC(=NCC(C)N(CC)CC)NC1CCCC(S(=O)CC)C1.I. The fourth-order valence-corrected chi connectivity index (χ4v) is 4.80. The molecule has 150 valence electrons. The molecule has 0 aromatic carbocycles. The van der Waals surface area contributed by atoms with Crippen molar-refractivity contribution in [3.8, 4) is 0 Å². The van der Waals surface area contributed by atoms with E-state index in [1.165, 1.54) is 0 Å². The first-order valence-electron chi connectivity index (χ1n) is 9.71. The van der Waals surface area contributed by atoms with Crippen LogP contribution in [0, 0.1) is 0 Å². The first kappa shape index (κ1) is 25.1. The van der Waals surface area contributed by atoms with Crippen LogP contribution in [0.15, 0.2) is 4.99 Å². The zero-order valence-corrected chi connectivity index (χ0v) is 19.9. The molecule has 0 amide bonds. The van der Waals surface area contributed by atoms with Gasteiger partial charge in [-0.05, 0) is 46.2 Å². The molecule has 4 atom stereocenters. The highest BCUT2D eigenvalue weighted by Gasteiger charge is 2.26. The number of hydrogen-bond acceptors (Lipinski definition) is 3.